The summed E-state index contributed by atoms with van der Waals surface area (Å²) in [6.45, 7) is 13.3. The molecule has 1 unspecified atom stereocenters. The van der Waals surface area contributed by atoms with Crippen LogP contribution >= 0.6 is 0 Å². The predicted octanol–water partition coefficient (Wildman–Crippen LogP) is 9.58. The van der Waals surface area contributed by atoms with Gasteiger partial charge in [0.1, 0.15) is 5.75 Å². The second kappa shape index (κ2) is 14.1. The molecular weight excluding hydrogens is 352 g/mol. The van der Waals surface area contributed by atoms with Crippen LogP contribution < -0.4 is 0 Å². The van der Waals surface area contributed by atoms with Crippen molar-refractivity contribution in [2.75, 3.05) is 0 Å². The Morgan fingerprint density at radius 3 is 1.72 bits per heavy atom. The van der Waals surface area contributed by atoms with Gasteiger partial charge in [0.15, 0.2) is 0 Å². The Kier molecular flexibility index (Phi) is 12.7. The molecule has 1 aromatic carbocycles. The Hall–Kier alpha value is -0.980. The van der Waals surface area contributed by atoms with Crippen molar-refractivity contribution >= 4 is 0 Å². The highest BCUT2D eigenvalue weighted by Gasteiger charge is 2.22. The SMILES string of the molecule is CCCCCCCCCCCCCC(CCC)c1ccc(C(C)(C)C)c(C)c1O. The third kappa shape index (κ3) is 9.58. The average Bonchev–Trinajstić information content (AvgIpc) is 2.66. The van der Waals surface area contributed by atoms with Crippen LogP contribution in [0.5, 0.6) is 5.75 Å². The summed E-state index contributed by atoms with van der Waals surface area (Å²) >= 11 is 0. The number of unbranched alkanes of at least 4 members (excludes halogenated alkanes) is 10. The predicted molar refractivity (Wildman–Crippen MR) is 130 cm³/mol. The Morgan fingerprint density at radius 1 is 0.724 bits per heavy atom. The van der Waals surface area contributed by atoms with Gasteiger partial charge in [-0.05, 0) is 47.8 Å². The van der Waals surface area contributed by atoms with E-state index in [0.29, 0.717) is 11.7 Å². The highest BCUT2D eigenvalue weighted by Crippen LogP contribution is 2.39. The smallest absolute Gasteiger partial charge is 0.122 e. The van der Waals surface area contributed by atoms with Gasteiger partial charge in [-0.3, -0.25) is 0 Å². The van der Waals surface area contributed by atoms with Crippen LogP contribution in [-0.4, -0.2) is 5.11 Å². The van der Waals surface area contributed by atoms with E-state index in [-0.39, 0.29) is 5.41 Å². The molecule has 0 aliphatic carbocycles. The molecule has 29 heavy (non-hydrogen) atoms. The maximum Gasteiger partial charge on any atom is 0.122 e. The van der Waals surface area contributed by atoms with E-state index in [1.165, 1.54) is 101 Å². The highest BCUT2D eigenvalue weighted by atomic mass is 16.3. The molecule has 0 fully saturated rings. The first-order valence-corrected chi connectivity index (χ1v) is 12.7. The highest BCUT2D eigenvalue weighted by molar-refractivity contribution is 5.48. The van der Waals surface area contributed by atoms with E-state index in [1.807, 2.05) is 0 Å². The van der Waals surface area contributed by atoms with E-state index >= 15 is 0 Å². The first-order valence-electron chi connectivity index (χ1n) is 12.7. The molecule has 0 aliphatic heterocycles. The number of aromatic hydroxyl groups is 1. The van der Waals surface area contributed by atoms with Crippen LogP contribution in [0.15, 0.2) is 12.1 Å². The minimum atomic E-state index is 0.0797. The zero-order valence-corrected chi connectivity index (χ0v) is 20.6. The van der Waals surface area contributed by atoms with Crippen molar-refractivity contribution in [2.24, 2.45) is 0 Å². The molecule has 0 aliphatic rings. The van der Waals surface area contributed by atoms with Gasteiger partial charge in [-0.15, -0.1) is 0 Å². The molecule has 0 saturated heterocycles. The molecule has 0 bridgehead atoms. The Balaban J connectivity index is 2.42. The lowest BCUT2D eigenvalue weighted by atomic mass is 9.80. The monoisotopic (exact) mass is 402 g/mol. The molecule has 168 valence electrons. The van der Waals surface area contributed by atoms with Crippen molar-refractivity contribution in [3.63, 3.8) is 0 Å². The van der Waals surface area contributed by atoms with E-state index < -0.39 is 0 Å². The first kappa shape index (κ1) is 26.1. The Bertz CT molecular complexity index is 552. The number of benzene rings is 1. The minimum absolute atomic E-state index is 0.0797. The van der Waals surface area contributed by atoms with Gasteiger partial charge in [0.05, 0.1) is 0 Å². The molecule has 0 aromatic heterocycles. The van der Waals surface area contributed by atoms with Gasteiger partial charge in [0.25, 0.3) is 0 Å². The molecule has 1 aromatic rings. The number of phenolic OH excluding ortho intramolecular Hbond substituents is 1. The topological polar surface area (TPSA) is 20.2 Å². The van der Waals surface area contributed by atoms with Crippen molar-refractivity contribution < 1.29 is 5.11 Å². The summed E-state index contributed by atoms with van der Waals surface area (Å²) in [5.74, 6) is 1.06. The van der Waals surface area contributed by atoms with Crippen LogP contribution in [0.4, 0.5) is 0 Å². The normalized spacial score (nSPS) is 13.0. The van der Waals surface area contributed by atoms with Crippen LogP contribution in [0.2, 0.25) is 0 Å². The zero-order chi connectivity index (χ0) is 21.7. The average molecular weight is 403 g/mol. The molecule has 1 nitrogen and oxygen atoms in total. The van der Waals surface area contributed by atoms with Crippen LogP contribution in [-0.2, 0) is 5.41 Å². The van der Waals surface area contributed by atoms with Gasteiger partial charge in [0.2, 0.25) is 0 Å². The molecule has 1 N–H and O–H groups in total. The summed E-state index contributed by atoms with van der Waals surface area (Å²) < 4.78 is 0. The molecule has 0 saturated carbocycles. The number of rotatable bonds is 15. The van der Waals surface area contributed by atoms with Crippen molar-refractivity contribution in [2.45, 2.75) is 143 Å². The van der Waals surface area contributed by atoms with Gasteiger partial charge in [-0.25, -0.2) is 0 Å². The summed E-state index contributed by atoms with van der Waals surface area (Å²) in [7, 11) is 0. The quantitative estimate of drug-likeness (QED) is 0.289. The molecule has 0 heterocycles. The number of phenols is 1. The minimum Gasteiger partial charge on any atom is -0.507 e. The summed E-state index contributed by atoms with van der Waals surface area (Å²) in [6, 6.07) is 4.47. The third-order valence-electron chi connectivity index (χ3n) is 6.50. The largest absolute Gasteiger partial charge is 0.507 e. The van der Waals surface area contributed by atoms with E-state index in [4.69, 9.17) is 0 Å². The summed E-state index contributed by atoms with van der Waals surface area (Å²) in [5.41, 5.74) is 3.61. The summed E-state index contributed by atoms with van der Waals surface area (Å²) in [5, 5.41) is 10.9. The van der Waals surface area contributed by atoms with Gasteiger partial charge >= 0.3 is 0 Å². The lowest BCUT2D eigenvalue weighted by Gasteiger charge is -2.26. The molecular formula is C28H50O. The van der Waals surface area contributed by atoms with E-state index in [2.05, 4.69) is 53.7 Å². The van der Waals surface area contributed by atoms with Crippen LogP contribution in [0, 0.1) is 6.92 Å². The fourth-order valence-corrected chi connectivity index (χ4v) is 4.72. The van der Waals surface area contributed by atoms with Crippen molar-refractivity contribution in [1.29, 1.82) is 0 Å². The lowest BCUT2D eigenvalue weighted by molar-refractivity contribution is 0.437. The molecule has 1 rings (SSSR count). The van der Waals surface area contributed by atoms with E-state index in [0.717, 1.165) is 5.56 Å². The van der Waals surface area contributed by atoms with Gasteiger partial charge in [-0.2, -0.15) is 0 Å². The Labute approximate surface area is 182 Å². The summed E-state index contributed by atoms with van der Waals surface area (Å²) in [6.07, 6.45) is 18.9. The molecule has 0 radical (unpaired) electrons. The molecule has 1 heteroatoms. The lowest BCUT2D eigenvalue weighted by Crippen LogP contribution is -2.14. The van der Waals surface area contributed by atoms with E-state index in [1.54, 1.807) is 0 Å². The first-order chi connectivity index (χ1) is 13.8. The third-order valence-corrected chi connectivity index (χ3v) is 6.50. The molecule has 0 amide bonds. The van der Waals surface area contributed by atoms with Gasteiger partial charge in [0, 0.05) is 0 Å². The van der Waals surface area contributed by atoms with Crippen molar-refractivity contribution in [3.8, 4) is 5.75 Å². The van der Waals surface area contributed by atoms with Crippen molar-refractivity contribution in [1.82, 2.24) is 0 Å². The summed E-state index contributed by atoms with van der Waals surface area (Å²) in [4.78, 5) is 0. The van der Waals surface area contributed by atoms with Crippen LogP contribution in [0.3, 0.4) is 0 Å². The zero-order valence-electron chi connectivity index (χ0n) is 20.6. The second-order valence-electron chi connectivity index (χ2n) is 10.2. The van der Waals surface area contributed by atoms with Gasteiger partial charge in [-0.1, -0.05) is 124 Å². The number of hydrogen-bond donors (Lipinski definition) is 1. The van der Waals surface area contributed by atoms with Crippen LogP contribution in [0.25, 0.3) is 0 Å². The molecule has 1 atom stereocenters. The Morgan fingerprint density at radius 2 is 1.24 bits per heavy atom. The second-order valence-corrected chi connectivity index (χ2v) is 10.2. The maximum absolute atomic E-state index is 10.9. The van der Waals surface area contributed by atoms with E-state index in [9.17, 15) is 5.11 Å². The fourth-order valence-electron chi connectivity index (χ4n) is 4.72. The molecule has 0 spiro atoms. The van der Waals surface area contributed by atoms with Crippen molar-refractivity contribution in [3.05, 3.63) is 28.8 Å². The standard InChI is InChI=1S/C28H50O/c1-7-9-10-11-12-13-14-15-16-17-18-20-24(19-8-2)25-21-22-26(28(4,5)6)23(3)27(25)29/h21-22,24,29H,7-20H2,1-6H3. The fraction of sp³-hybridized carbons (Fsp3) is 0.786. The number of hydrogen-bond acceptors (Lipinski definition) is 1. The maximum atomic E-state index is 10.9. The van der Waals surface area contributed by atoms with Gasteiger partial charge < -0.3 is 5.11 Å². The van der Waals surface area contributed by atoms with Crippen LogP contribution in [0.1, 0.15) is 147 Å².